The smallest absolute Gasteiger partial charge is 0.260 e. The molecule has 35 heavy (non-hydrogen) atoms. The summed E-state index contributed by atoms with van der Waals surface area (Å²) in [6.07, 6.45) is 9.55. The van der Waals surface area contributed by atoms with E-state index in [-0.39, 0.29) is 16.9 Å². The first-order valence-electron chi connectivity index (χ1n) is 12.1. The minimum absolute atomic E-state index is 0.00177. The summed E-state index contributed by atoms with van der Waals surface area (Å²) in [5, 5.41) is 11.8. The highest BCUT2D eigenvalue weighted by Gasteiger charge is 2.15. The molecule has 0 spiro atoms. The molecule has 0 aliphatic heterocycles. The third kappa shape index (κ3) is 5.20. The van der Waals surface area contributed by atoms with Crippen LogP contribution < -0.4 is 5.56 Å². The van der Waals surface area contributed by atoms with Gasteiger partial charge in [-0.25, -0.2) is 0 Å². The normalized spacial score (nSPS) is 12.5. The standard InChI is InChI=1S/C32H31NO2/c1-4-22(20-23-12-8-7-9-13-23)16-17-25(6-3)30-31(34)28-19-18-26(21-29(28)33-32(30)35)27-15-11-10-14-24(27)5-2/h4,6-19,21H,5,20H2,1-3H3,(H2,33,34,35)/b17-16-,22-4+,25-6+. The number of aromatic amines is 1. The lowest BCUT2D eigenvalue weighted by Crippen LogP contribution is -2.12. The van der Waals surface area contributed by atoms with E-state index in [0.717, 1.165) is 29.5 Å². The highest BCUT2D eigenvalue weighted by molar-refractivity contribution is 5.94. The summed E-state index contributed by atoms with van der Waals surface area (Å²) < 4.78 is 0. The van der Waals surface area contributed by atoms with E-state index in [1.165, 1.54) is 11.1 Å². The number of aromatic hydroxyl groups is 1. The van der Waals surface area contributed by atoms with Crippen molar-refractivity contribution in [3.63, 3.8) is 0 Å². The first-order valence-corrected chi connectivity index (χ1v) is 12.1. The largest absolute Gasteiger partial charge is 0.506 e. The molecule has 3 heteroatoms. The zero-order chi connectivity index (χ0) is 24.8. The van der Waals surface area contributed by atoms with Gasteiger partial charge in [0.15, 0.2) is 0 Å². The molecule has 0 radical (unpaired) electrons. The molecule has 2 N–H and O–H groups in total. The number of fused-ring (bicyclic) bond motifs is 1. The van der Waals surface area contributed by atoms with Crippen molar-refractivity contribution in [3.05, 3.63) is 130 Å². The molecule has 0 saturated heterocycles. The van der Waals surface area contributed by atoms with E-state index in [9.17, 15) is 9.90 Å². The van der Waals surface area contributed by atoms with Crippen molar-refractivity contribution in [2.75, 3.05) is 0 Å². The Hall–Kier alpha value is -4.11. The van der Waals surface area contributed by atoms with Crippen molar-refractivity contribution in [3.8, 4) is 16.9 Å². The molecule has 0 aliphatic carbocycles. The van der Waals surface area contributed by atoms with Crippen molar-refractivity contribution in [1.82, 2.24) is 4.98 Å². The van der Waals surface area contributed by atoms with E-state index in [4.69, 9.17) is 0 Å². The molecular formula is C32H31NO2. The van der Waals surface area contributed by atoms with Crippen LogP contribution in [0.5, 0.6) is 5.75 Å². The Balaban J connectivity index is 1.70. The van der Waals surface area contributed by atoms with Crippen molar-refractivity contribution >= 4 is 16.5 Å². The van der Waals surface area contributed by atoms with Gasteiger partial charge >= 0.3 is 0 Å². The van der Waals surface area contributed by atoms with Crippen LogP contribution in [0.25, 0.3) is 27.6 Å². The number of nitrogens with one attached hydrogen (secondary N) is 1. The average Bonchev–Trinajstić information content (AvgIpc) is 2.89. The Labute approximate surface area is 206 Å². The van der Waals surface area contributed by atoms with E-state index in [1.54, 1.807) is 0 Å². The molecule has 0 saturated carbocycles. The van der Waals surface area contributed by atoms with Gasteiger partial charge in [0.2, 0.25) is 0 Å². The van der Waals surface area contributed by atoms with Gasteiger partial charge < -0.3 is 10.1 Å². The number of allylic oxidation sites excluding steroid dienone is 6. The van der Waals surface area contributed by atoms with E-state index >= 15 is 0 Å². The third-order valence-electron chi connectivity index (χ3n) is 6.39. The first kappa shape index (κ1) is 24.0. The van der Waals surface area contributed by atoms with Crippen LogP contribution in [0.4, 0.5) is 0 Å². The van der Waals surface area contributed by atoms with Gasteiger partial charge in [0.1, 0.15) is 5.75 Å². The van der Waals surface area contributed by atoms with E-state index in [1.807, 2.05) is 80.6 Å². The van der Waals surface area contributed by atoms with Crippen LogP contribution in [0.3, 0.4) is 0 Å². The van der Waals surface area contributed by atoms with Gasteiger partial charge in [-0.1, -0.05) is 91.9 Å². The lowest BCUT2D eigenvalue weighted by Gasteiger charge is -2.12. The van der Waals surface area contributed by atoms with Gasteiger partial charge in [-0.05, 0) is 72.2 Å². The summed E-state index contributed by atoms with van der Waals surface area (Å²) in [4.78, 5) is 16.1. The fraction of sp³-hybridized carbons (Fsp3) is 0.156. The number of hydrogen-bond acceptors (Lipinski definition) is 2. The first-order chi connectivity index (χ1) is 17.0. The molecule has 0 amide bonds. The van der Waals surface area contributed by atoms with Gasteiger partial charge in [-0.3, -0.25) is 4.79 Å². The summed E-state index contributed by atoms with van der Waals surface area (Å²) in [6.45, 7) is 6.01. The number of H-pyrrole nitrogens is 1. The van der Waals surface area contributed by atoms with Crippen LogP contribution in [-0.4, -0.2) is 10.1 Å². The van der Waals surface area contributed by atoms with Crippen molar-refractivity contribution in [2.45, 2.75) is 33.6 Å². The summed E-state index contributed by atoms with van der Waals surface area (Å²) >= 11 is 0. The predicted octanol–water partition coefficient (Wildman–Crippen LogP) is 7.61. The predicted molar refractivity (Wildman–Crippen MR) is 148 cm³/mol. The molecule has 0 bridgehead atoms. The maximum atomic E-state index is 13.1. The van der Waals surface area contributed by atoms with Crippen molar-refractivity contribution < 1.29 is 5.11 Å². The monoisotopic (exact) mass is 461 g/mol. The van der Waals surface area contributed by atoms with Crippen LogP contribution in [0.15, 0.2) is 107 Å². The fourth-order valence-electron chi connectivity index (χ4n) is 4.44. The number of rotatable bonds is 7. The second-order valence-corrected chi connectivity index (χ2v) is 8.55. The van der Waals surface area contributed by atoms with Crippen molar-refractivity contribution in [2.24, 2.45) is 0 Å². The Morgan fingerprint density at radius 2 is 1.66 bits per heavy atom. The van der Waals surface area contributed by atoms with Crippen LogP contribution in [-0.2, 0) is 12.8 Å². The molecule has 0 fully saturated rings. The summed E-state index contributed by atoms with van der Waals surface area (Å²) in [7, 11) is 0. The third-order valence-corrected chi connectivity index (χ3v) is 6.39. The highest BCUT2D eigenvalue weighted by Crippen LogP contribution is 2.33. The lowest BCUT2D eigenvalue weighted by molar-refractivity contribution is 0.479. The van der Waals surface area contributed by atoms with Gasteiger partial charge in [0, 0.05) is 5.39 Å². The minimum atomic E-state index is -0.307. The molecular weight excluding hydrogens is 430 g/mol. The lowest BCUT2D eigenvalue weighted by atomic mass is 9.96. The van der Waals surface area contributed by atoms with E-state index in [2.05, 4.69) is 42.2 Å². The molecule has 0 unspecified atom stereocenters. The summed E-state index contributed by atoms with van der Waals surface area (Å²) in [5.41, 5.74) is 7.03. The Morgan fingerprint density at radius 3 is 2.37 bits per heavy atom. The second kappa shape index (κ2) is 10.9. The Morgan fingerprint density at radius 1 is 0.914 bits per heavy atom. The second-order valence-electron chi connectivity index (χ2n) is 8.55. The van der Waals surface area contributed by atoms with Gasteiger partial charge in [0.25, 0.3) is 5.56 Å². The molecule has 0 aliphatic rings. The SMILES string of the molecule is C\C=C(/C=C\C(=C/C)c1c(O)c2ccc(-c3ccccc3CC)cc2[nH]c1=O)Cc1ccccc1. The number of aromatic nitrogens is 1. The average molecular weight is 462 g/mol. The highest BCUT2D eigenvalue weighted by atomic mass is 16.3. The minimum Gasteiger partial charge on any atom is -0.506 e. The van der Waals surface area contributed by atoms with E-state index in [0.29, 0.717) is 16.5 Å². The zero-order valence-electron chi connectivity index (χ0n) is 20.5. The molecule has 1 aromatic heterocycles. The van der Waals surface area contributed by atoms with Crippen LogP contribution >= 0.6 is 0 Å². The number of hydrogen-bond donors (Lipinski definition) is 2. The topological polar surface area (TPSA) is 53.1 Å². The van der Waals surface area contributed by atoms with Crippen LogP contribution in [0.1, 0.15) is 37.5 Å². The van der Waals surface area contributed by atoms with Crippen molar-refractivity contribution in [1.29, 1.82) is 0 Å². The van der Waals surface area contributed by atoms with Gasteiger partial charge in [-0.2, -0.15) is 0 Å². The molecule has 3 nitrogen and oxygen atoms in total. The van der Waals surface area contributed by atoms with Gasteiger partial charge in [-0.15, -0.1) is 0 Å². The molecule has 176 valence electrons. The maximum absolute atomic E-state index is 13.1. The number of benzene rings is 3. The Kier molecular flexibility index (Phi) is 7.47. The quantitative estimate of drug-likeness (QED) is 0.278. The van der Waals surface area contributed by atoms with Crippen LogP contribution in [0.2, 0.25) is 0 Å². The fourth-order valence-corrected chi connectivity index (χ4v) is 4.44. The van der Waals surface area contributed by atoms with Gasteiger partial charge in [0.05, 0.1) is 11.1 Å². The number of pyridine rings is 1. The summed E-state index contributed by atoms with van der Waals surface area (Å²) in [6, 6.07) is 24.3. The van der Waals surface area contributed by atoms with Crippen LogP contribution in [0, 0.1) is 0 Å². The molecule has 4 aromatic rings. The Bertz CT molecular complexity index is 1490. The summed E-state index contributed by atoms with van der Waals surface area (Å²) in [5.74, 6) is 0.00177. The zero-order valence-corrected chi connectivity index (χ0v) is 20.5. The molecule has 4 rings (SSSR count). The van der Waals surface area contributed by atoms with E-state index < -0.39 is 0 Å². The number of aryl methyl sites for hydroxylation is 1. The molecule has 0 atom stereocenters. The molecule has 3 aromatic carbocycles. The molecule has 1 heterocycles. The maximum Gasteiger partial charge on any atom is 0.260 e.